The molecule has 0 bridgehead atoms. The molecule has 0 heterocycles. The van der Waals surface area contributed by atoms with Crippen molar-refractivity contribution in [3.8, 4) is 0 Å². The van der Waals surface area contributed by atoms with E-state index in [9.17, 15) is 0 Å². The largest absolute Gasteiger partial charge is 0.0853 e. The number of hydrogen-bond acceptors (Lipinski definition) is 0. The maximum atomic E-state index is 2.46. The van der Waals surface area contributed by atoms with Crippen molar-refractivity contribution in [2.24, 2.45) is 5.41 Å². The lowest BCUT2D eigenvalue weighted by Gasteiger charge is -2.18. The molecule has 0 heteroatoms. The first-order valence-corrected chi connectivity index (χ1v) is 5.60. The van der Waals surface area contributed by atoms with E-state index in [0.717, 1.165) is 0 Å². The average Bonchev–Trinajstić information content (AvgIpc) is 2.04. The molecule has 0 amide bonds. The lowest BCUT2D eigenvalue weighted by atomic mass is 9.87. The third kappa shape index (κ3) is 5.13. The Morgan fingerprint density at radius 2 is 2.08 bits per heavy atom. The zero-order chi connectivity index (χ0) is 9.73. The van der Waals surface area contributed by atoms with Gasteiger partial charge in [-0.3, -0.25) is 0 Å². The van der Waals surface area contributed by atoms with Gasteiger partial charge in [-0.15, -0.1) is 0 Å². The second-order valence-corrected chi connectivity index (χ2v) is 5.22. The molecule has 0 N–H and O–H groups in total. The highest BCUT2D eigenvalue weighted by molar-refractivity contribution is 5.05. The van der Waals surface area contributed by atoms with Gasteiger partial charge in [0.2, 0.25) is 0 Å². The summed E-state index contributed by atoms with van der Waals surface area (Å²) >= 11 is 0. The van der Waals surface area contributed by atoms with Gasteiger partial charge in [0, 0.05) is 0 Å². The lowest BCUT2D eigenvalue weighted by molar-refractivity contribution is 0.471. The molecule has 0 aromatic rings. The van der Waals surface area contributed by atoms with Crippen molar-refractivity contribution < 1.29 is 0 Å². The van der Waals surface area contributed by atoms with Gasteiger partial charge in [-0.25, -0.2) is 0 Å². The smallest absolute Gasteiger partial charge is 0.0317 e. The Morgan fingerprint density at radius 3 is 2.62 bits per heavy atom. The summed E-state index contributed by atoms with van der Waals surface area (Å²) in [4.78, 5) is 0. The van der Waals surface area contributed by atoms with Crippen LogP contribution in [0.15, 0.2) is 11.6 Å². The SMILES string of the molecule is CC(C)(C)[CH]CCC1=CCCCC1. The summed E-state index contributed by atoms with van der Waals surface area (Å²) in [5, 5.41) is 0. The van der Waals surface area contributed by atoms with E-state index >= 15 is 0 Å². The Labute approximate surface area is 83.4 Å². The maximum absolute atomic E-state index is 2.46. The Bertz CT molecular complexity index is 169. The Hall–Kier alpha value is -0.260. The van der Waals surface area contributed by atoms with Crippen LogP contribution in [0.3, 0.4) is 0 Å². The molecule has 0 nitrogen and oxygen atoms in total. The van der Waals surface area contributed by atoms with E-state index in [2.05, 4.69) is 33.3 Å². The van der Waals surface area contributed by atoms with E-state index in [4.69, 9.17) is 0 Å². The summed E-state index contributed by atoms with van der Waals surface area (Å²) in [6.07, 6.45) is 13.0. The van der Waals surface area contributed by atoms with Crippen LogP contribution in [0.4, 0.5) is 0 Å². The topological polar surface area (TPSA) is 0 Å². The molecule has 0 saturated heterocycles. The van der Waals surface area contributed by atoms with Gasteiger partial charge in [0.25, 0.3) is 0 Å². The number of hydrogen-bond donors (Lipinski definition) is 0. The van der Waals surface area contributed by atoms with Crippen LogP contribution in [0.1, 0.15) is 59.3 Å². The van der Waals surface area contributed by atoms with Crippen molar-refractivity contribution in [3.63, 3.8) is 0 Å². The highest BCUT2D eigenvalue weighted by Crippen LogP contribution is 2.25. The van der Waals surface area contributed by atoms with Gasteiger partial charge in [-0.2, -0.15) is 0 Å². The van der Waals surface area contributed by atoms with Gasteiger partial charge >= 0.3 is 0 Å². The highest BCUT2D eigenvalue weighted by Gasteiger charge is 2.10. The maximum Gasteiger partial charge on any atom is -0.0317 e. The molecule has 0 unspecified atom stereocenters. The third-order valence-corrected chi connectivity index (χ3v) is 2.61. The Balaban J connectivity index is 2.15. The first kappa shape index (κ1) is 10.8. The molecule has 1 radical (unpaired) electrons. The zero-order valence-electron chi connectivity index (χ0n) is 9.40. The Morgan fingerprint density at radius 1 is 1.31 bits per heavy atom. The molecule has 0 saturated carbocycles. The van der Waals surface area contributed by atoms with Crippen molar-refractivity contribution in [2.45, 2.75) is 59.3 Å². The Kier molecular flexibility index (Phi) is 4.02. The molecule has 0 aromatic heterocycles. The average molecular weight is 179 g/mol. The van der Waals surface area contributed by atoms with E-state index in [1.807, 2.05) is 0 Å². The predicted octanol–water partition coefficient (Wildman–Crippen LogP) is 4.52. The monoisotopic (exact) mass is 179 g/mol. The van der Waals surface area contributed by atoms with Gasteiger partial charge in [0.1, 0.15) is 0 Å². The molecular weight excluding hydrogens is 156 g/mol. The fourth-order valence-corrected chi connectivity index (χ4v) is 1.82. The molecule has 0 atom stereocenters. The summed E-state index contributed by atoms with van der Waals surface area (Å²) in [6, 6.07) is 0. The second-order valence-electron chi connectivity index (χ2n) is 5.22. The van der Waals surface area contributed by atoms with Crippen LogP contribution < -0.4 is 0 Å². The summed E-state index contributed by atoms with van der Waals surface area (Å²) < 4.78 is 0. The number of allylic oxidation sites excluding steroid dienone is 2. The van der Waals surface area contributed by atoms with E-state index in [-0.39, 0.29) is 0 Å². The van der Waals surface area contributed by atoms with Gasteiger partial charge in [0.05, 0.1) is 0 Å². The van der Waals surface area contributed by atoms with Crippen molar-refractivity contribution in [2.75, 3.05) is 0 Å². The minimum Gasteiger partial charge on any atom is -0.0853 e. The van der Waals surface area contributed by atoms with E-state index in [1.165, 1.54) is 38.5 Å². The molecule has 0 aliphatic heterocycles. The molecule has 1 aliphatic rings. The fourth-order valence-electron chi connectivity index (χ4n) is 1.82. The van der Waals surface area contributed by atoms with Gasteiger partial charge < -0.3 is 0 Å². The molecule has 0 spiro atoms. The van der Waals surface area contributed by atoms with Gasteiger partial charge in [-0.1, -0.05) is 32.4 Å². The standard InChI is InChI=1S/C13H23/c1-13(2,3)11-7-10-12-8-5-4-6-9-12/h8,11H,4-7,9-10H2,1-3H3. The molecule has 13 heavy (non-hydrogen) atoms. The summed E-state index contributed by atoms with van der Waals surface area (Å²) in [7, 11) is 0. The number of rotatable bonds is 3. The predicted molar refractivity (Wildman–Crippen MR) is 59.5 cm³/mol. The fraction of sp³-hybridized carbons (Fsp3) is 0.769. The lowest BCUT2D eigenvalue weighted by Crippen LogP contribution is -2.05. The molecule has 0 fully saturated rings. The summed E-state index contributed by atoms with van der Waals surface area (Å²) in [5.41, 5.74) is 2.10. The van der Waals surface area contributed by atoms with E-state index < -0.39 is 0 Å². The van der Waals surface area contributed by atoms with Gasteiger partial charge in [0.15, 0.2) is 0 Å². The molecular formula is C13H23. The minimum atomic E-state index is 0.398. The van der Waals surface area contributed by atoms with Crippen LogP contribution in [0, 0.1) is 11.8 Å². The summed E-state index contributed by atoms with van der Waals surface area (Å²) in [5.74, 6) is 0. The summed E-state index contributed by atoms with van der Waals surface area (Å²) in [6.45, 7) is 6.84. The first-order chi connectivity index (χ1) is 6.08. The highest BCUT2D eigenvalue weighted by atomic mass is 14.2. The van der Waals surface area contributed by atoms with Crippen molar-refractivity contribution in [1.82, 2.24) is 0 Å². The molecule has 75 valence electrons. The van der Waals surface area contributed by atoms with Crippen LogP contribution in [-0.2, 0) is 0 Å². The first-order valence-electron chi connectivity index (χ1n) is 5.60. The van der Waals surface area contributed by atoms with Crippen molar-refractivity contribution >= 4 is 0 Å². The van der Waals surface area contributed by atoms with Crippen LogP contribution >= 0.6 is 0 Å². The zero-order valence-corrected chi connectivity index (χ0v) is 9.40. The minimum absolute atomic E-state index is 0.398. The molecule has 1 aliphatic carbocycles. The van der Waals surface area contributed by atoms with E-state index in [1.54, 1.807) is 5.57 Å². The van der Waals surface area contributed by atoms with Crippen LogP contribution in [0.25, 0.3) is 0 Å². The normalized spacial score (nSPS) is 18.5. The van der Waals surface area contributed by atoms with Crippen molar-refractivity contribution in [3.05, 3.63) is 18.1 Å². The second kappa shape index (κ2) is 4.83. The van der Waals surface area contributed by atoms with Crippen LogP contribution in [-0.4, -0.2) is 0 Å². The molecule has 1 rings (SSSR count). The van der Waals surface area contributed by atoms with Crippen LogP contribution in [0.2, 0.25) is 0 Å². The third-order valence-electron chi connectivity index (χ3n) is 2.61. The van der Waals surface area contributed by atoms with Crippen molar-refractivity contribution in [1.29, 1.82) is 0 Å². The van der Waals surface area contributed by atoms with E-state index in [0.29, 0.717) is 5.41 Å². The van der Waals surface area contributed by atoms with Crippen LogP contribution in [0.5, 0.6) is 0 Å². The quantitative estimate of drug-likeness (QED) is 0.559. The van der Waals surface area contributed by atoms with Gasteiger partial charge in [-0.05, 0) is 50.4 Å². The molecule has 0 aromatic carbocycles.